The summed E-state index contributed by atoms with van der Waals surface area (Å²) in [5.74, 6) is 0.0412. The zero-order valence-electron chi connectivity index (χ0n) is 9.63. The quantitative estimate of drug-likeness (QED) is 0.773. The van der Waals surface area contributed by atoms with Crippen LogP contribution in [0.5, 0.6) is 0 Å². The van der Waals surface area contributed by atoms with Gasteiger partial charge in [0.1, 0.15) is 0 Å². The minimum atomic E-state index is -0.0488. The Balaban J connectivity index is 2.84. The summed E-state index contributed by atoms with van der Waals surface area (Å²) < 4.78 is 0. The van der Waals surface area contributed by atoms with E-state index in [-0.39, 0.29) is 11.7 Å². The van der Waals surface area contributed by atoms with Gasteiger partial charge in [-0.25, -0.2) is 0 Å². The van der Waals surface area contributed by atoms with Crippen molar-refractivity contribution in [1.82, 2.24) is 4.90 Å². The first kappa shape index (κ1) is 13.5. The number of Topliss-reactive ketones (excluding diaryl/α,β-unsaturated/α-hetero) is 1. The normalized spacial score (nSPS) is 12.9. The lowest BCUT2D eigenvalue weighted by Crippen LogP contribution is -2.25. The number of carbonyl (C=O) groups excluding carboxylic acids is 1. The number of carbonyl (C=O) groups is 1. The third kappa shape index (κ3) is 3.48. The lowest BCUT2D eigenvalue weighted by atomic mass is 9.99. The highest BCUT2D eigenvalue weighted by atomic mass is 35.5. The third-order valence-electron chi connectivity index (χ3n) is 2.29. The number of hydrogen-bond acceptors (Lipinski definition) is 2. The van der Waals surface area contributed by atoms with Gasteiger partial charge in [0.15, 0.2) is 5.78 Å². The Morgan fingerprint density at radius 2 is 1.94 bits per heavy atom. The molecule has 1 aromatic carbocycles. The maximum Gasteiger partial charge on any atom is 0.166 e. The first-order chi connectivity index (χ1) is 7.41. The van der Waals surface area contributed by atoms with Crippen molar-refractivity contribution >= 4 is 29.0 Å². The third-order valence-corrected chi connectivity index (χ3v) is 3.03. The minimum absolute atomic E-state index is 0.0488. The molecule has 0 N–H and O–H groups in total. The molecule has 1 atom stereocenters. The molecule has 1 aromatic rings. The second kappa shape index (κ2) is 5.67. The predicted molar refractivity (Wildman–Crippen MR) is 68.5 cm³/mol. The molecule has 2 nitrogen and oxygen atoms in total. The van der Waals surface area contributed by atoms with Crippen molar-refractivity contribution in [3.8, 4) is 0 Å². The largest absolute Gasteiger partial charge is 0.309 e. The highest BCUT2D eigenvalue weighted by Crippen LogP contribution is 2.23. The van der Waals surface area contributed by atoms with E-state index in [9.17, 15) is 4.79 Å². The Hall–Kier alpha value is -0.570. The van der Waals surface area contributed by atoms with Crippen molar-refractivity contribution in [3.05, 3.63) is 33.8 Å². The standard InChI is InChI=1S/C12H15Cl2NO/c1-8(7-15(2)3)12(16)9-4-5-10(13)11(14)6-9/h4-6,8H,7H2,1-3H3. The Morgan fingerprint density at radius 1 is 1.31 bits per heavy atom. The van der Waals surface area contributed by atoms with Crippen LogP contribution >= 0.6 is 23.2 Å². The van der Waals surface area contributed by atoms with E-state index in [1.165, 1.54) is 0 Å². The van der Waals surface area contributed by atoms with Crippen LogP contribution in [-0.2, 0) is 0 Å². The van der Waals surface area contributed by atoms with Crippen LogP contribution in [0.25, 0.3) is 0 Å². The maximum absolute atomic E-state index is 12.0. The van der Waals surface area contributed by atoms with E-state index in [0.29, 0.717) is 15.6 Å². The first-order valence-corrected chi connectivity index (χ1v) is 5.81. The summed E-state index contributed by atoms with van der Waals surface area (Å²) in [6, 6.07) is 4.99. The fraction of sp³-hybridized carbons (Fsp3) is 0.417. The molecule has 16 heavy (non-hydrogen) atoms. The Labute approximate surface area is 106 Å². The summed E-state index contributed by atoms with van der Waals surface area (Å²) in [6.45, 7) is 2.63. The number of halogens is 2. The van der Waals surface area contributed by atoms with E-state index in [4.69, 9.17) is 23.2 Å². The summed E-state index contributed by atoms with van der Waals surface area (Å²) >= 11 is 11.7. The molecule has 0 aliphatic carbocycles. The summed E-state index contributed by atoms with van der Waals surface area (Å²) in [6.07, 6.45) is 0. The molecule has 0 amide bonds. The molecule has 0 spiro atoms. The molecule has 0 saturated carbocycles. The molecule has 0 heterocycles. The average Bonchev–Trinajstić information content (AvgIpc) is 2.20. The van der Waals surface area contributed by atoms with E-state index in [1.54, 1.807) is 18.2 Å². The predicted octanol–water partition coefficient (Wildman–Crippen LogP) is 3.37. The number of hydrogen-bond donors (Lipinski definition) is 0. The second-order valence-electron chi connectivity index (χ2n) is 4.16. The molecule has 0 bridgehead atoms. The molecule has 0 aliphatic heterocycles. The fourth-order valence-electron chi connectivity index (χ4n) is 1.56. The monoisotopic (exact) mass is 259 g/mol. The van der Waals surface area contributed by atoms with Gasteiger partial charge < -0.3 is 4.90 Å². The van der Waals surface area contributed by atoms with Crippen LogP contribution < -0.4 is 0 Å². The zero-order chi connectivity index (χ0) is 12.3. The van der Waals surface area contributed by atoms with Crippen molar-refractivity contribution in [3.63, 3.8) is 0 Å². The molecular formula is C12H15Cl2NO. The maximum atomic E-state index is 12.0. The van der Waals surface area contributed by atoms with E-state index >= 15 is 0 Å². The van der Waals surface area contributed by atoms with Gasteiger partial charge in [-0.2, -0.15) is 0 Å². The molecular weight excluding hydrogens is 245 g/mol. The molecule has 0 aromatic heterocycles. The van der Waals surface area contributed by atoms with Crippen LogP contribution in [0.3, 0.4) is 0 Å². The molecule has 1 rings (SSSR count). The van der Waals surface area contributed by atoms with E-state index in [0.717, 1.165) is 6.54 Å². The Bertz CT molecular complexity index is 391. The van der Waals surface area contributed by atoms with Gasteiger partial charge in [-0.1, -0.05) is 30.1 Å². The topological polar surface area (TPSA) is 20.3 Å². The highest BCUT2D eigenvalue weighted by molar-refractivity contribution is 6.42. The summed E-state index contributed by atoms with van der Waals surface area (Å²) in [7, 11) is 3.89. The van der Waals surface area contributed by atoms with Gasteiger partial charge >= 0.3 is 0 Å². The van der Waals surface area contributed by atoms with Gasteiger partial charge in [-0.05, 0) is 32.3 Å². The lowest BCUT2D eigenvalue weighted by molar-refractivity contribution is 0.0910. The van der Waals surface area contributed by atoms with Gasteiger partial charge in [0.05, 0.1) is 10.0 Å². The summed E-state index contributed by atoms with van der Waals surface area (Å²) in [5, 5.41) is 0.892. The van der Waals surface area contributed by atoms with Crippen LogP contribution in [0.15, 0.2) is 18.2 Å². The van der Waals surface area contributed by atoms with Gasteiger partial charge in [0.25, 0.3) is 0 Å². The van der Waals surface area contributed by atoms with Crippen LogP contribution in [0.2, 0.25) is 10.0 Å². The number of nitrogens with zero attached hydrogens (tertiary/aromatic N) is 1. The fourth-order valence-corrected chi connectivity index (χ4v) is 1.86. The summed E-state index contributed by atoms with van der Waals surface area (Å²) in [4.78, 5) is 14.0. The van der Waals surface area contributed by atoms with Crippen molar-refractivity contribution in [2.45, 2.75) is 6.92 Å². The number of ketones is 1. The molecule has 0 radical (unpaired) electrons. The second-order valence-corrected chi connectivity index (χ2v) is 4.97. The van der Waals surface area contributed by atoms with Crippen LogP contribution in [0, 0.1) is 5.92 Å². The molecule has 0 fully saturated rings. The van der Waals surface area contributed by atoms with Gasteiger partial charge in [-0.15, -0.1) is 0 Å². The van der Waals surface area contributed by atoms with Gasteiger partial charge in [-0.3, -0.25) is 4.79 Å². The molecule has 88 valence electrons. The minimum Gasteiger partial charge on any atom is -0.309 e. The van der Waals surface area contributed by atoms with Crippen LogP contribution in [-0.4, -0.2) is 31.3 Å². The van der Waals surface area contributed by atoms with Gasteiger partial charge in [0.2, 0.25) is 0 Å². The SMILES string of the molecule is CC(CN(C)C)C(=O)c1ccc(Cl)c(Cl)c1. The Kier molecular flexibility index (Phi) is 4.78. The molecule has 0 aliphatic rings. The van der Waals surface area contributed by atoms with E-state index < -0.39 is 0 Å². The molecule has 4 heteroatoms. The van der Waals surface area contributed by atoms with Crippen LogP contribution in [0.1, 0.15) is 17.3 Å². The molecule has 1 unspecified atom stereocenters. The van der Waals surface area contributed by atoms with Crippen molar-refractivity contribution < 1.29 is 4.79 Å². The smallest absolute Gasteiger partial charge is 0.166 e. The Morgan fingerprint density at radius 3 is 2.44 bits per heavy atom. The zero-order valence-corrected chi connectivity index (χ0v) is 11.1. The first-order valence-electron chi connectivity index (χ1n) is 5.06. The summed E-state index contributed by atoms with van der Waals surface area (Å²) in [5.41, 5.74) is 0.615. The van der Waals surface area contributed by atoms with E-state index in [1.807, 2.05) is 25.9 Å². The van der Waals surface area contributed by atoms with Crippen LogP contribution in [0.4, 0.5) is 0 Å². The average molecular weight is 260 g/mol. The number of rotatable bonds is 4. The van der Waals surface area contributed by atoms with Gasteiger partial charge in [0, 0.05) is 18.0 Å². The lowest BCUT2D eigenvalue weighted by Gasteiger charge is -2.15. The van der Waals surface area contributed by atoms with E-state index in [2.05, 4.69) is 0 Å². The van der Waals surface area contributed by atoms with Crippen molar-refractivity contribution in [2.75, 3.05) is 20.6 Å². The van der Waals surface area contributed by atoms with Crippen molar-refractivity contribution in [2.24, 2.45) is 5.92 Å². The van der Waals surface area contributed by atoms with Crippen molar-refractivity contribution in [1.29, 1.82) is 0 Å². The highest BCUT2D eigenvalue weighted by Gasteiger charge is 2.16. The molecule has 0 saturated heterocycles. The number of benzene rings is 1.